The van der Waals surface area contributed by atoms with Gasteiger partial charge >= 0.3 is 12.3 Å². The van der Waals surface area contributed by atoms with Gasteiger partial charge < -0.3 is 14.8 Å². The predicted molar refractivity (Wildman–Crippen MR) is 125 cm³/mol. The number of anilines is 1. The van der Waals surface area contributed by atoms with E-state index in [1.165, 1.54) is 23.9 Å². The summed E-state index contributed by atoms with van der Waals surface area (Å²) in [6.07, 6.45) is 3.47. The van der Waals surface area contributed by atoms with E-state index in [4.69, 9.17) is 4.74 Å². The summed E-state index contributed by atoms with van der Waals surface area (Å²) in [5.74, 6) is 0.754. The van der Waals surface area contributed by atoms with Crippen LogP contribution in [0.3, 0.4) is 0 Å². The monoisotopic (exact) mass is 475 g/mol. The van der Waals surface area contributed by atoms with Crippen molar-refractivity contribution in [2.24, 2.45) is 0 Å². The number of halogens is 2. The number of nitro groups is 1. The standard InChI is InChI=1S/C23H23F2N3O4S/c1-3-31-21-12-16(9-10-20(21)32-23(24)25)18(14-33-2)27-22-19(28(29)30)11-17(13-26-22)15-7-5-4-6-8-15/h4-13,18,23H,3,14H2,1-2H3,(H,26,27). The van der Waals surface area contributed by atoms with E-state index < -0.39 is 17.6 Å². The average molecular weight is 476 g/mol. The van der Waals surface area contributed by atoms with Gasteiger partial charge in [0.2, 0.25) is 5.82 Å². The highest BCUT2D eigenvalue weighted by atomic mass is 32.2. The van der Waals surface area contributed by atoms with Gasteiger partial charge in [0, 0.05) is 23.6 Å². The molecule has 0 aliphatic carbocycles. The molecule has 3 aromatic rings. The van der Waals surface area contributed by atoms with Crippen LogP contribution in [-0.4, -0.2) is 35.1 Å². The zero-order valence-electron chi connectivity index (χ0n) is 18.0. The van der Waals surface area contributed by atoms with Crippen molar-refractivity contribution in [3.8, 4) is 22.6 Å². The summed E-state index contributed by atoms with van der Waals surface area (Å²) in [6.45, 7) is -0.986. The van der Waals surface area contributed by atoms with Crippen LogP contribution < -0.4 is 14.8 Å². The third-order valence-corrected chi connectivity index (χ3v) is 5.37. The van der Waals surface area contributed by atoms with Gasteiger partial charge in [-0.1, -0.05) is 36.4 Å². The normalized spacial score (nSPS) is 11.8. The number of hydrogen-bond donors (Lipinski definition) is 1. The molecule has 0 saturated carbocycles. The highest BCUT2D eigenvalue weighted by Gasteiger charge is 2.22. The topological polar surface area (TPSA) is 86.5 Å². The zero-order chi connectivity index (χ0) is 23.8. The van der Waals surface area contributed by atoms with E-state index in [1.807, 2.05) is 36.6 Å². The van der Waals surface area contributed by atoms with Gasteiger partial charge in [-0.25, -0.2) is 4.98 Å². The molecule has 1 unspecified atom stereocenters. The van der Waals surface area contributed by atoms with Crippen LogP contribution in [0.25, 0.3) is 11.1 Å². The van der Waals surface area contributed by atoms with E-state index in [0.717, 1.165) is 5.56 Å². The van der Waals surface area contributed by atoms with E-state index in [1.54, 1.807) is 25.3 Å². The maximum absolute atomic E-state index is 12.7. The van der Waals surface area contributed by atoms with Crippen molar-refractivity contribution in [3.63, 3.8) is 0 Å². The minimum Gasteiger partial charge on any atom is -0.490 e. The molecule has 7 nitrogen and oxygen atoms in total. The molecule has 0 spiro atoms. The minimum absolute atomic E-state index is 0.0742. The SMILES string of the molecule is CCOc1cc(C(CSC)Nc2ncc(-c3ccccc3)cc2[N+](=O)[O-])ccc1OC(F)F. The van der Waals surface area contributed by atoms with Crippen LogP contribution in [0.15, 0.2) is 60.8 Å². The fourth-order valence-corrected chi connectivity index (χ4v) is 3.86. The second-order valence-electron chi connectivity index (χ2n) is 6.88. The van der Waals surface area contributed by atoms with E-state index in [0.29, 0.717) is 16.9 Å². The highest BCUT2D eigenvalue weighted by molar-refractivity contribution is 7.98. The van der Waals surface area contributed by atoms with Crippen LogP contribution in [0.2, 0.25) is 0 Å². The summed E-state index contributed by atoms with van der Waals surface area (Å²) in [5, 5.41) is 14.9. The Kier molecular flexibility index (Phi) is 8.42. The Morgan fingerprint density at radius 2 is 1.88 bits per heavy atom. The van der Waals surface area contributed by atoms with Gasteiger partial charge in [-0.3, -0.25) is 10.1 Å². The van der Waals surface area contributed by atoms with E-state index in [9.17, 15) is 18.9 Å². The number of benzene rings is 2. The molecule has 1 heterocycles. The first-order valence-corrected chi connectivity index (χ1v) is 11.5. The Morgan fingerprint density at radius 3 is 2.52 bits per heavy atom. The number of rotatable bonds is 11. The summed E-state index contributed by atoms with van der Waals surface area (Å²) in [5.41, 5.74) is 1.97. The lowest BCUT2D eigenvalue weighted by molar-refractivity contribution is -0.384. The molecule has 0 bridgehead atoms. The molecule has 10 heteroatoms. The fraction of sp³-hybridized carbons (Fsp3) is 0.261. The molecule has 1 atom stereocenters. The second-order valence-corrected chi connectivity index (χ2v) is 7.80. The molecular weight excluding hydrogens is 452 g/mol. The molecule has 0 aliphatic rings. The van der Waals surface area contributed by atoms with Crippen molar-refractivity contribution in [1.29, 1.82) is 0 Å². The number of alkyl halides is 2. The smallest absolute Gasteiger partial charge is 0.387 e. The molecule has 0 aliphatic heterocycles. The number of hydrogen-bond acceptors (Lipinski definition) is 7. The van der Waals surface area contributed by atoms with Crippen LogP contribution in [-0.2, 0) is 0 Å². The second kappa shape index (κ2) is 11.5. The van der Waals surface area contributed by atoms with Crippen molar-refractivity contribution in [2.75, 3.05) is 23.9 Å². The molecule has 2 aromatic carbocycles. The van der Waals surface area contributed by atoms with Gasteiger partial charge in [0.15, 0.2) is 11.5 Å². The Labute approximate surface area is 194 Å². The molecular formula is C23H23F2N3O4S. The number of nitrogens with zero attached hydrogens (tertiary/aromatic N) is 2. The third-order valence-electron chi connectivity index (χ3n) is 4.70. The van der Waals surface area contributed by atoms with Crippen LogP contribution in [0.1, 0.15) is 18.5 Å². The van der Waals surface area contributed by atoms with Crippen LogP contribution >= 0.6 is 11.8 Å². The Bertz CT molecular complexity index is 1090. The van der Waals surface area contributed by atoms with Crippen LogP contribution in [0.5, 0.6) is 11.5 Å². The largest absolute Gasteiger partial charge is 0.490 e. The first kappa shape index (κ1) is 24.2. The number of aromatic nitrogens is 1. The van der Waals surface area contributed by atoms with Gasteiger partial charge in [-0.15, -0.1) is 0 Å². The molecule has 1 N–H and O–H groups in total. The van der Waals surface area contributed by atoms with Crippen molar-refractivity contribution in [2.45, 2.75) is 19.6 Å². The number of ether oxygens (including phenoxy) is 2. The number of nitrogens with one attached hydrogen (secondary N) is 1. The quantitative estimate of drug-likeness (QED) is 0.262. The fourth-order valence-electron chi connectivity index (χ4n) is 3.25. The van der Waals surface area contributed by atoms with Gasteiger partial charge in [0.1, 0.15) is 0 Å². The Balaban J connectivity index is 1.95. The molecule has 1 aromatic heterocycles. The van der Waals surface area contributed by atoms with Crippen molar-refractivity contribution < 1.29 is 23.2 Å². The van der Waals surface area contributed by atoms with E-state index >= 15 is 0 Å². The lowest BCUT2D eigenvalue weighted by atomic mass is 10.1. The van der Waals surface area contributed by atoms with Crippen LogP contribution in [0, 0.1) is 10.1 Å². The molecule has 0 amide bonds. The van der Waals surface area contributed by atoms with Crippen molar-refractivity contribution in [3.05, 3.63) is 76.5 Å². The van der Waals surface area contributed by atoms with Gasteiger partial charge in [-0.05, 0) is 36.4 Å². The molecule has 33 heavy (non-hydrogen) atoms. The summed E-state index contributed by atoms with van der Waals surface area (Å²) in [4.78, 5) is 15.6. The first-order valence-electron chi connectivity index (χ1n) is 10.1. The summed E-state index contributed by atoms with van der Waals surface area (Å²) in [7, 11) is 0. The maximum Gasteiger partial charge on any atom is 0.387 e. The Morgan fingerprint density at radius 1 is 1.12 bits per heavy atom. The summed E-state index contributed by atoms with van der Waals surface area (Å²) >= 11 is 1.52. The number of thioether (sulfide) groups is 1. The minimum atomic E-state index is -2.98. The molecule has 3 rings (SSSR count). The average Bonchev–Trinajstić information content (AvgIpc) is 2.80. The van der Waals surface area contributed by atoms with Gasteiger partial charge in [-0.2, -0.15) is 20.5 Å². The van der Waals surface area contributed by atoms with E-state index in [2.05, 4.69) is 15.0 Å². The molecule has 0 saturated heterocycles. The summed E-state index contributed by atoms with van der Waals surface area (Å²) in [6, 6.07) is 15.0. The van der Waals surface area contributed by atoms with Crippen molar-refractivity contribution >= 4 is 23.3 Å². The van der Waals surface area contributed by atoms with E-state index in [-0.39, 0.29) is 29.6 Å². The molecule has 0 radical (unpaired) electrons. The summed E-state index contributed by atoms with van der Waals surface area (Å²) < 4.78 is 35.4. The number of pyridine rings is 1. The molecule has 174 valence electrons. The van der Waals surface area contributed by atoms with Gasteiger partial charge in [0.25, 0.3) is 0 Å². The van der Waals surface area contributed by atoms with Crippen LogP contribution in [0.4, 0.5) is 20.3 Å². The first-order chi connectivity index (χ1) is 15.9. The third kappa shape index (κ3) is 6.32. The lowest BCUT2D eigenvalue weighted by Gasteiger charge is -2.21. The Hall–Kier alpha value is -3.40. The zero-order valence-corrected chi connectivity index (χ0v) is 18.9. The maximum atomic E-state index is 12.7. The highest BCUT2D eigenvalue weighted by Crippen LogP contribution is 2.35. The van der Waals surface area contributed by atoms with Gasteiger partial charge in [0.05, 0.1) is 17.6 Å². The lowest BCUT2D eigenvalue weighted by Crippen LogP contribution is -2.16. The molecule has 0 fully saturated rings. The van der Waals surface area contributed by atoms with Crippen molar-refractivity contribution in [1.82, 2.24) is 4.98 Å². The predicted octanol–water partition coefficient (Wildman–Crippen LogP) is 6.17.